The third-order valence-electron chi connectivity index (χ3n) is 6.71. The Kier molecular flexibility index (Phi) is 6.87. The van der Waals surface area contributed by atoms with E-state index in [1.54, 1.807) is 24.8 Å². The van der Waals surface area contributed by atoms with Crippen LogP contribution in [0.4, 0.5) is 0 Å². The lowest BCUT2D eigenvalue weighted by Crippen LogP contribution is -2.58. The van der Waals surface area contributed by atoms with Crippen LogP contribution < -0.4 is 0 Å². The number of esters is 1. The molecule has 3 aliphatic heterocycles. The first-order valence-corrected chi connectivity index (χ1v) is 11.0. The molecular weight excluding hydrogens is 388 g/mol. The minimum Gasteiger partial charge on any atom is -0.466 e. The van der Waals surface area contributed by atoms with E-state index < -0.39 is 41.6 Å². The van der Waals surface area contributed by atoms with E-state index in [-0.39, 0.29) is 25.0 Å². The molecule has 1 N–H and O–H groups in total. The summed E-state index contributed by atoms with van der Waals surface area (Å²) in [6.45, 7) is 10.1. The Morgan fingerprint density at radius 2 is 2.20 bits per heavy atom. The van der Waals surface area contributed by atoms with Crippen LogP contribution in [0.25, 0.3) is 0 Å². The summed E-state index contributed by atoms with van der Waals surface area (Å²) >= 11 is 0. The summed E-state index contributed by atoms with van der Waals surface area (Å²) in [5.41, 5.74) is -1.05. The SMILES string of the molecule is C=CCN(CCCC)C(=O)[C@@H]1N([C@H](C)CO)C(=O)[C@H]2[C@H](C(=O)OCC)[C@@H]3CC[C@]12O3. The number of carbonyl (C=O) groups excluding carboxylic acids is 3. The van der Waals surface area contributed by atoms with E-state index in [2.05, 4.69) is 13.5 Å². The lowest BCUT2D eigenvalue weighted by Gasteiger charge is -2.38. The molecule has 0 aromatic carbocycles. The average Bonchev–Trinajstić information content (AvgIpc) is 3.37. The molecule has 0 aromatic heterocycles. The summed E-state index contributed by atoms with van der Waals surface area (Å²) in [6, 6.07) is -1.42. The van der Waals surface area contributed by atoms with Gasteiger partial charge < -0.3 is 24.4 Å². The second-order valence-corrected chi connectivity index (χ2v) is 8.51. The highest BCUT2D eigenvalue weighted by Crippen LogP contribution is 2.59. The number of amides is 2. The van der Waals surface area contributed by atoms with E-state index >= 15 is 0 Å². The molecule has 2 amide bonds. The highest BCUT2D eigenvalue weighted by atomic mass is 16.6. The Morgan fingerprint density at radius 1 is 1.47 bits per heavy atom. The van der Waals surface area contributed by atoms with Crippen molar-refractivity contribution in [2.24, 2.45) is 11.8 Å². The van der Waals surface area contributed by atoms with Gasteiger partial charge in [-0.05, 0) is 33.1 Å². The van der Waals surface area contributed by atoms with Crippen molar-refractivity contribution in [3.8, 4) is 0 Å². The predicted octanol–water partition coefficient (Wildman–Crippen LogP) is 1.12. The molecule has 8 nitrogen and oxygen atoms in total. The van der Waals surface area contributed by atoms with Crippen molar-refractivity contribution in [3.05, 3.63) is 12.7 Å². The number of aliphatic hydroxyl groups is 1. The number of likely N-dealkylation sites (tertiary alicyclic amines) is 1. The minimum atomic E-state index is -1.05. The van der Waals surface area contributed by atoms with E-state index in [0.29, 0.717) is 25.9 Å². The predicted molar refractivity (Wildman–Crippen MR) is 109 cm³/mol. The lowest BCUT2D eigenvalue weighted by molar-refractivity contribution is -0.156. The first kappa shape index (κ1) is 22.7. The molecule has 8 heteroatoms. The molecule has 30 heavy (non-hydrogen) atoms. The molecule has 0 aromatic rings. The van der Waals surface area contributed by atoms with Crippen molar-refractivity contribution in [1.29, 1.82) is 0 Å². The molecule has 0 saturated carbocycles. The van der Waals surface area contributed by atoms with E-state index in [4.69, 9.17) is 9.47 Å². The number of nitrogens with zero attached hydrogens (tertiary/aromatic N) is 2. The molecule has 3 saturated heterocycles. The van der Waals surface area contributed by atoms with Gasteiger partial charge in [-0.15, -0.1) is 6.58 Å². The van der Waals surface area contributed by atoms with Crippen molar-refractivity contribution >= 4 is 17.8 Å². The van der Waals surface area contributed by atoms with E-state index in [1.807, 2.05) is 0 Å². The Hall–Kier alpha value is -1.93. The van der Waals surface area contributed by atoms with Gasteiger partial charge in [-0.2, -0.15) is 0 Å². The van der Waals surface area contributed by atoms with Crippen LogP contribution in [0.3, 0.4) is 0 Å². The molecule has 3 rings (SSSR count). The zero-order valence-electron chi connectivity index (χ0n) is 18.2. The first-order valence-electron chi connectivity index (χ1n) is 11.0. The number of fused-ring (bicyclic) bond motifs is 1. The van der Waals surface area contributed by atoms with Crippen LogP contribution in [0.15, 0.2) is 12.7 Å². The van der Waals surface area contributed by atoms with E-state index in [0.717, 1.165) is 12.8 Å². The smallest absolute Gasteiger partial charge is 0.312 e. The van der Waals surface area contributed by atoms with Gasteiger partial charge in [0.25, 0.3) is 0 Å². The lowest BCUT2D eigenvalue weighted by atomic mass is 9.70. The zero-order chi connectivity index (χ0) is 22.1. The van der Waals surface area contributed by atoms with Crippen LogP contribution in [0.2, 0.25) is 0 Å². The summed E-state index contributed by atoms with van der Waals surface area (Å²) in [4.78, 5) is 43.1. The minimum absolute atomic E-state index is 0.204. The van der Waals surface area contributed by atoms with Crippen LogP contribution in [0, 0.1) is 11.8 Å². The van der Waals surface area contributed by atoms with Gasteiger partial charge in [0.15, 0.2) is 0 Å². The van der Waals surface area contributed by atoms with Gasteiger partial charge in [-0.3, -0.25) is 14.4 Å². The normalized spacial score (nSPS) is 32.8. The number of hydrogen-bond acceptors (Lipinski definition) is 6. The fourth-order valence-electron chi connectivity index (χ4n) is 5.41. The van der Waals surface area contributed by atoms with Gasteiger partial charge in [-0.1, -0.05) is 19.4 Å². The third kappa shape index (κ3) is 3.43. The Labute approximate surface area is 178 Å². The number of ether oxygens (including phenoxy) is 2. The largest absolute Gasteiger partial charge is 0.466 e. The highest BCUT2D eigenvalue weighted by Gasteiger charge is 2.75. The number of unbranched alkanes of at least 4 members (excludes halogenated alkanes) is 1. The fourth-order valence-corrected chi connectivity index (χ4v) is 5.41. The number of hydrogen-bond donors (Lipinski definition) is 1. The summed E-state index contributed by atoms with van der Waals surface area (Å²) in [5, 5.41) is 9.82. The maximum Gasteiger partial charge on any atom is 0.312 e. The van der Waals surface area contributed by atoms with Gasteiger partial charge >= 0.3 is 5.97 Å². The number of carbonyl (C=O) groups is 3. The second-order valence-electron chi connectivity index (χ2n) is 8.51. The Bertz CT molecular complexity index is 697. The summed E-state index contributed by atoms with van der Waals surface area (Å²) in [6.07, 6.45) is 4.16. The van der Waals surface area contributed by atoms with Crippen molar-refractivity contribution in [1.82, 2.24) is 9.80 Å². The molecular formula is C22H34N2O6. The molecule has 2 bridgehead atoms. The number of rotatable bonds is 10. The fraction of sp³-hybridized carbons (Fsp3) is 0.773. The molecule has 3 heterocycles. The van der Waals surface area contributed by atoms with Gasteiger partial charge in [0, 0.05) is 13.1 Å². The molecule has 0 radical (unpaired) electrons. The van der Waals surface area contributed by atoms with E-state index in [9.17, 15) is 19.5 Å². The summed E-state index contributed by atoms with van der Waals surface area (Å²) in [7, 11) is 0. The second kappa shape index (κ2) is 9.06. The monoisotopic (exact) mass is 422 g/mol. The topological polar surface area (TPSA) is 96.4 Å². The van der Waals surface area contributed by atoms with Gasteiger partial charge in [0.05, 0.1) is 37.2 Å². The van der Waals surface area contributed by atoms with Crippen LogP contribution in [0.5, 0.6) is 0 Å². The average molecular weight is 423 g/mol. The zero-order valence-corrected chi connectivity index (χ0v) is 18.2. The van der Waals surface area contributed by atoms with E-state index in [1.165, 1.54) is 4.90 Å². The van der Waals surface area contributed by atoms with Crippen LogP contribution in [-0.2, 0) is 23.9 Å². The summed E-state index contributed by atoms with van der Waals surface area (Å²) in [5.74, 6) is -2.41. The maximum atomic E-state index is 13.8. The molecule has 3 fully saturated rings. The van der Waals surface area contributed by atoms with Crippen LogP contribution in [-0.4, -0.2) is 82.8 Å². The molecule has 3 aliphatic rings. The van der Waals surface area contributed by atoms with Gasteiger partial charge in [0.1, 0.15) is 11.6 Å². The molecule has 0 aliphatic carbocycles. The molecule has 168 valence electrons. The van der Waals surface area contributed by atoms with Crippen LogP contribution >= 0.6 is 0 Å². The van der Waals surface area contributed by atoms with Crippen molar-refractivity contribution in [2.75, 3.05) is 26.3 Å². The maximum absolute atomic E-state index is 13.8. The van der Waals surface area contributed by atoms with Crippen LogP contribution in [0.1, 0.15) is 46.5 Å². The van der Waals surface area contributed by atoms with Crippen molar-refractivity contribution in [3.63, 3.8) is 0 Å². The van der Waals surface area contributed by atoms with Crippen molar-refractivity contribution in [2.45, 2.75) is 70.2 Å². The van der Waals surface area contributed by atoms with Gasteiger partial charge in [0.2, 0.25) is 11.8 Å². The first-order chi connectivity index (χ1) is 14.4. The Morgan fingerprint density at radius 3 is 2.80 bits per heavy atom. The third-order valence-corrected chi connectivity index (χ3v) is 6.71. The molecule has 1 spiro atoms. The quantitative estimate of drug-likeness (QED) is 0.419. The summed E-state index contributed by atoms with van der Waals surface area (Å²) < 4.78 is 11.5. The standard InChI is InChI=1S/C22H34N2O6/c1-5-8-12-23(11-6-2)20(27)18-22-10-9-15(30-22)16(21(28)29-7-3)17(22)19(26)24(18)14(4)13-25/h6,14-18,25H,2,5,7-13H2,1,3-4H3/t14-,15+,16-,17-,18+,22-/m1/s1. The number of aliphatic hydroxyl groups excluding tert-OH is 1. The van der Waals surface area contributed by atoms with Gasteiger partial charge in [-0.25, -0.2) is 0 Å². The highest BCUT2D eigenvalue weighted by molar-refractivity contribution is 5.98. The molecule has 0 unspecified atom stereocenters. The van der Waals surface area contributed by atoms with Crippen molar-refractivity contribution < 1.29 is 29.0 Å². The Balaban J connectivity index is 2.02. The molecule has 6 atom stereocenters.